The molecule has 2 fully saturated rings. The quantitative estimate of drug-likeness (QED) is 0.422. The Morgan fingerprint density at radius 2 is 1.94 bits per heavy atom. The molecule has 4 aromatic rings. The molecule has 0 radical (unpaired) electrons. The Balaban J connectivity index is 1.40. The first-order valence-corrected chi connectivity index (χ1v) is 12.1. The topological polar surface area (TPSA) is 75.1 Å². The number of rotatable bonds is 3. The zero-order valence-corrected chi connectivity index (χ0v) is 19.9. The fraction of sp³-hybridized carbons (Fsp3) is 0.393. The number of anilines is 1. The molecule has 6 heteroatoms. The van der Waals surface area contributed by atoms with Gasteiger partial charge in [0.2, 0.25) is 5.89 Å². The monoisotopic (exact) mass is 452 g/mol. The van der Waals surface area contributed by atoms with Crippen LogP contribution in [0.2, 0.25) is 0 Å². The number of pyridine rings is 1. The summed E-state index contributed by atoms with van der Waals surface area (Å²) in [6, 6.07) is 14.6. The van der Waals surface area contributed by atoms with Crippen LogP contribution in [0.1, 0.15) is 61.1 Å². The van der Waals surface area contributed by atoms with Crippen molar-refractivity contribution in [3.05, 3.63) is 69.3 Å². The van der Waals surface area contributed by atoms with Crippen LogP contribution in [0.3, 0.4) is 0 Å². The zero-order valence-electron chi connectivity index (χ0n) is 19.9. The lowest BCUT2D eigenvalue weighted by Gasteiger charge is -2.39. The van der Waals surface area contributed by atoms with Gasteiger partial charge in [0.1, 0.15) is 17.1 Å². The normalized spacial score (nSPS) is 17.9. The van der Waals surface area contributed by atoms with Gasteiger partial charge in [-0.05, 0) is 61.8 Å². The molecule has 34 heavy (non-hydrogen) atoms. The summed E-state index contributed by atoms with van der Waals surface area (Å²) in [5.41, 5.74) is 5.72. The van der Waals surface area contributed by atoms with Crippen molar-refractivity contribution in [1.82, 2.24) is 9.55 Å². The molecule has 2 aliphatic rings. The van der Waals surface area contributed by atoms with Crippen molar-refractivity contribution in [2.45, 2.75) is 50.9 Å². The van der Waals surface area contributed by atoms with Gasteiger partial charge in [-0.1, -0.05) is 31.2 Å². The maximum Gasteiger partial charge on any atom is 0.270 e. The van der Waals surface area contributed by atoms with Gasteiger partial charge in [0.15, 0.2) is 5.58 Å². The van der Waals surface area contributed by atoms with E-state index in [0.29, 0.717) is 5.92 Å². The predicted molar refractivity (Wildman–Crippen MR) is 133 cm³/mol. The number of nitriles is 1. The second-order valence-corrected chi connectivity index (χ2v) is 10.3. The Bertz CT molecular complexity index is 1540. The van der Waals surface area contributed by atoms with Crippen molar-refractivity contribution < 1.29 is 4.42 Å². The third-order valence-corrected chi connectivity index (χ3v) is 7.78. The Morgan fingerprint density at radius 3 is 2.65 bits per heavy atom. The Hall–Kier alpha value is -3.59. The lowest BCUT2D eigenvalue weighted by molar-refractivity contribution is 0.292. The molecule has 2 aromatic carbocycles. The molecule has 1 aliphatic heterocycles. The number of aryl methyl sites for hydroxylation is 2. The van der Waals surface area contributed by atoms with Crippen LogP contribution in [0.4, 0.5) is 5.69 Å². The highest BCUT2D eigenvalue weighted by Crippen LogP contribution is 2.45. The molecule has 0 spiro atoms. The van der Waals surface area contributed by atoms with Crippen LogP contribution in [-0.2, 0) is 12.5 Å². The second kappa shape index (κ2) is 7.46. The lowest BCUT2D eigenvalue weighted by Crippen LogP contribution is -2.42. The van der Waals surface area contributed by atoms with Crippen LogP contribution in [0, 0.1) is 18.3 Å². The van der Waals surface area contributed by atoms with Gasteiger partial charge in [-0.2, -0.15) is 5.26 Å². The number of oxazole rings is 1. The lowest BCUT2D eigenvalue weighted by atomic mass is 9.80. The molecular formula is C28H28N4O2. The summed E-state index contributed by atoms with van der Waals surface area (Å²) < 4.78 is 7.85. The van der Waals surface area contributed by atoms with Crippen molar-refractivity contribution in [2.24, 2.45) is 7.05 Å². The molecule has 2 aromatic heterocycles. The smallest absolute Gasteiger partial charge is 0.270 e. The molecular weight excluding hydrogens is 424 g/mol. The van der Waals surface area contributed by atoms with Gasteiger partial charge in [0.25, 0.3) is 5.56 Å². The standard InChI is InChI=1S/C28H28N4O2/c1-17-7-10-23-22(15-17)30-27(34-23)28(2)11-13-32(14-12-28)25-20-6-4-5-19(18-8-9-18)24(20)31(3)26(33)21(25)16-29/h4-7,10,15,18H,8-9,11-14H2,1-3H3. The summed E-state index contributed by atoms with van der Waals surface area (Å²) in [4.78, 5) is 20.3. The highest BCUT2D eigenvalue weighted by Gasteiger charge is 2.38. The van der Waals surface area contributed by atoms with Crippen molar-refractivity contribution >= 4 is 27.7 Å². The minimum atomic E-state index is -0.208. The Kier molecular flexibility index (Phi) is 4.60. The van der Waals surface area contributed by atoms with E-state index in [1.54, 1.807) is 11.6 Å². The molecule has 0 atom stereocenters. The van der Waals surface area contributed by atoms with E-state index in [2.05, 4.69) is 49.1 Å². The fourth-order valence-electron chi connectivity index (χ4n) is 5.52. The number of fused-ring (bicyclic) bond motifs is 2. The van der Waals surface area contributed by atoms with Gasteiger partial charge in [0, 0.05) is 30.9 Å². The summed E-state index contributed by atoms with van der Waals surface area (Å²) in [5.74, 6) is 1.29. The first-order valence-electron chi connectivity index (χ1n) is 12.1. The van der Waals surface area contributed by atoms with E-state index in [1.807, 2.05) is 12.1 Å². The summed E-state index contributed by atoms with van der Waals surface area (Å²) >= 11 is 0. The molecule has 172 valence electrons. The van der Waals surface area contributed by atoms with E-state index in [0.717, 1.165) is 72.4 Å². The molecule has 0 amide bonds. The van der Waals surface area contributed by atoms with Gasteiger partial charge in [0.05, 0.1) is 11.2 Å². The van der Waals surface area contributed by atoms with Crippen LogP contribution < -0.4 is 10.5 Å². The molecule has 6 rings (SSSR count). The highest BCUT2D eigenvalue weighted by molar-refractivity contribution is 5.97. The molecule has 6 nitrogen and oxygen atoms in total. The summed E-state index contributed by atoms with van der Waals surface area (Å²) in [5, 5.41) is 11.0. The third-order valence-electron chi connectivity index (χ3n) is 7.78. The van der Waals surface area contributed by atoms with Crippen LogP contribution in [0.5, 0.6) is 0 Å². The van der Waals surface area contributed by atoms with E-state index >= 15 is 0 Å². The van der Waals surface area contributed by atoms with Crippen molar-refractivity contribution in [1.29, 1.82) is 5.26 Å². The molecule has 0 N–H and O–H groups in total. The van der Waals surface area contributed by atoms with Crippen molar-refractivity contribution in [3.63, 3.8) is 0 Å². The van der Waals surface area contributed by atoms with Crippen molar-refractivity contribution in [2.75, 3.05) is 18.0 Å². The van der Waals surface area contributed by atoms with E-state index in [4.69, 9.17) is 9.40 Å². The molecule has 1 aliphatic carbocycles. The molecule has 0 unspecified atom stereocenters. The Morgan fingerprint density at radius 1 is 1.18 bits per heavy atom. The van der Waals surface area contributed by atoms with Gasteiger partial charge < -0.3 is 13.9 Å². The van der Waals surface area contributed by atoms with Gasteiger partial charge in [-0.15, -0.1) is 0 Å². The average molecular weight is 453 g/mol. The van der Waals surface area contributed by atoms with E-state index in [-0.39, 0.29) is 16.5 Å². The predicted octanol–water partition coefficient (Wildman–Crippen LogP) is 5.30. The van der Waals surface area contributed by atoms with Crippen LogP contribution >= 0.6 is 0 Å². The number of para-hydroxylation sites is 1. The molecule has 0 bridgehead atoms. The van der Waals surface area contributed by atoms with Gasteiger partial charge in [-0.3, -0.25) is 4.79 Å². The first kappa shape index (κ1) is 21.0. The fourth-order valence-corrected chi connectivity index (χ4v) is 5.52. The average Bonchev–Trinajstić information content (AvgIpc) is 3.60. The SMILES string of the molecule is Cc1ccc2oc(C3(C)CCN(c4c(C#N)c(=O)n(C)c5c(C6CC6)cccc45)CC3)nc2c1. The summed E-state index contributed by atoms with van der Waals surface area (Å²) in [7, 11) is 1.80. The minimum Gasteiger partial charge on any atom is -0.440 e. The first-order chi connectivity index (χ1) is 16.4. The molecule has 1 saturated heterocycles. The largest absolute Gasteiger partial charge is 0.440 e. The van der Waals surface area contributed by atoms with Crippen LogP contribution in [-0.4, -0.2) is 22.6 Å². The third kappa shape index (κ3) is 3.14. The van der Waals surface area contributed by atoms with E-state index < -0.39 is 0 Å². The summed E-state index contributed by atoms with van der Waals surface area (Å²) in [6.45, 7) is 5.74. The number of hydrogen-bond acceptors (Lipinski definition) is 5. The van der Waals surface area contributed by atoms with Gasteiger partial charge in [-0.25, -0.2) is 4.98 Å². The van der Waals surface area contributed by atoms with Crippen molar-refractivity contribution in [3.8, 4) is 6.07 Å². The highest BCUT2D eigenvalue weighted by atomic mass is 16.3. The van der Waals surface area contributed by atoms with Gasteiger partial charge >= 0.3 is 0 Å². The number of hydrogen-bond donors (Lipinski definition) is 0. The van der Waals surface area contributed by atoms with Crippen LogP contribution in [0.25, 0.3) is 22.0 Å². The number of nitrogens with zero attached hydrogens (tertiary/aromatic N) is 4. The maximum atomic E-state index is 13.2. The number of aromatic nitrogens is 2. The number of benzene rings is 2. The summed E-state index contributed by atoms with van der Waals surface area (Å²) in [6.07, 6.45) is 3.99. The van der Waals surface area contributed by atoms with E-state index in [1.165, 1.54) is 11.1 Å². The molecule has 1 saturated carbocycles. The molecule has 3 heterocycles. The number of piperidine rings is 1. The zero-order chi connectivity index (χ0) is 23.6. The maximum absolute atomic E-state index is 13.2. The Labute approximate surface area is 198 Å². The van der Waals surface area contributed by atoms with Crippen LogP contribution in [0.15, 0.2) is 45.6 Å². The minimum absolute atomic E-state index is 0.190. The second-order valence-electron chi connectivity index (χ2n) is 10.3. The van der Waals surface area contributed by atoms with E-state index in [9.17, 15) is 10.1 Å².